The molecule has 3 N–H and O–H groups in total. The van der Waals surface area contributed by atoms with E-state index in [1.165, 1.54) is 0 Å². The van der Waals surface area contributed by atoms with E-state index in [-0.39, 0.29) is 24.4 Å². The van der Waals surface area contributed by atoms with Gasteiger partial charge in [0.1, 0.15) is 6.10 Å². The van der Waals surface area contributed by atoms with Crippen LogP contribution in [0.4, 0.5) is 0 Å². The minimum Gasteiger partial charge on any atom is -0.376 e. The Bertz CT molecular complexity index is 235. The Balaban J connectivity index is 0.00000289. The molecule has 1 aliphatic heterocycles. The number of rotatable bonds is 7. The van der Waals surface area contributed by atoms with E-state index in [0.717, 1.165) is 19.4 Å². The molecule has 5 nitrogen and oxygen atoms in total. The van der Waals surface area contributed by atoms with Crippen LogP contribution in [0.5, 0.6) is 0 Å². The molecule has 0 radical (unpaired) electrons. The lowest BCUT2D eigenvalue weighted by Gasteiger charge is -2.17. The van der Waals surface area contributed by atoms with Gasteiger partial charge in [-0.3, -0.25) is 4.79 Å². The van der Waals surface area contributed by atoms with E-state index >= 15 is 0 Å². The van der Waals surface area contributed by atoms with Gasteiger partial charge in [-0.25, -0.2) is 0 Å². The molecule has 1 fully saturated rings. The molecule has 1 aliphatic rings. The number of hydrogen-bond donors (Lipinski definition) is 2. The molecule has 6 heteroatoms. The van der Waals surface area contributed by atoms with E-state index in [4.69, 9.17) is 15.2 Å². The number of halogens is 1. The summed E-state index contributed by atoms with van der Waals surface area (Å²) < 4.78 is 10.9. The molecule has 0 aromatic carbocycles. The highest BCUT2D eigenvalue weighted by Crippen LogP contribution is 2.12. The normalized spacial score (nSPS) is 22.1. The largest absolute Gasteiger partial charge is 0.376 e. The SMILES string of the molecule is CC(CN)CNC(=O)C(C)OCC1CCCO1.Cl. The van der Waals surface area contributed by atoms with Gasteiger partial charge in [0.25, 0.3) is 0 Å². The minimum atomic E-state index is -0.427. The Morgan fingerprint density at radius 2 is 2.28 bits per heavy atom. The van der Waals surface area contributed by atoms with Gasteiger partial charge in [0.2, 0.25) is 5.91 Å². The predicted octanol–water partition coefficient (Wildman–Crippen LogP) is 0.703. The molecule has 1 saturated heterocycles. The Kier molecular flexibility index (Phi) is 9.36. The van der Waals surface area contributed by atoms with Gasteiger partial charge >= 0.3 is 0 Å². The number of hydrogen-bond acceptors (Lipinski definition) is 4. The highest BCUT2D eigenvalue weighted by atomic mass is 35.5. The van der Waals surface area contributed by atoms with Crippen LogP contribution < -0.4 is 11.1 Å². The van der Waals surface area contributed by atoms with E-state index in [9.17, 15) is 4.79 Å². The standard InChI is InChI=1S/C12H24N2O3.ClH/c1-9(6-13)7-14-12(15)10(2)17-8-11-4-3-5-16-11;/h9-11H,3-8,13H2,1-2H3,(H,14,15);1H. The van der Waals surface area contributed by atoms with Gasteiger partial charge in [0.05, 0.1) is 12.7 Å². The maximum Gasteiger partial charge on any atom is 0.248 e. The van der Waals surface area contributed by atoms with Gasteiger partial charge < -0.3 is 20.5 Å². The first kappa shape index (κ1) is 17.6. The van der Waals surface area contributed by atoms with Gasteiger partial charge in [-0.05, 0) is 32.2 Å². The number of carbonyl (C=O) groups excluding carboxylic acids is 1. The van der Waals surface area contributed by atoms with Crippen molar-refractivity contribution in [3.05, 3.63) is 0 Å². The topological polar surface area (TPSA) is 73.6 Å². The summed E-state index contributed by atoms with van der Waals surface area (Å²) in [5, 5.41) is 2.82. The minimum absolute atomic E-state index is 0. The van der Waals surface area contributed by atoms with Crippen molar-refractivity contribution < 1.29 is 14.3 Å². The molecule has 3 atom stereocenters. The summed E-state index contributed by atoms with van der Waals surface area (Å²) in [7, 11) is 0. The average Bonchev–Trinajstić information content (AvgIpc) is 2.85. The molecule has 0 aliphatic carbocycles. The molecule has 18 heavy (non-hydrogen) atoms. The van der Waals surface area contributed by atoms with Gasteiger partial charge in [-0.1, -0.05) is 6.92 Å². The first-order valence-electron chi connectivity index (χ1n) is 6.34. The summed E-state index contributed by atoms with van der Waals surface area (Å²) in [6.45, 7) is 6.24. The maximum atomic E-state index is 11.7. The zero-order valence-corrected chi connectivity index (χ0v) is 12.0. The van der Waals surface area contributed by atoms with Crippen molar-refractivity contribution in [2.75, 3.05) is 26.3 Å². The summed E-state index contributed by atoms with van der Waals surface area (Å²) in [5.74, 6) is 0.215. The summed E-state index contributed by atoms with van der Waals surface area (Å²) in [4.78, 5) is 11.7. The lowest BCUT2D eigenvalue weighted by molar-refractivity contribution is -0.133. The van der Waals surface area contributed by atoms with Crippen LogP contribution in [0, 0.1) is 5.92 Å². The molecular formula is C12H25ClN2O3. The van der Waals surface area contributed by atoms with E-state index in [0.29, 0.717) is 25.6 Å². The van der Waals surface area contributed by atoms with Crippen LogP contribution in [0.25, 0.3) is 0 Å². The number of nitrogens with two attached hydrogens (primary N) is 1. The quantitative estimate of drug-likeness (QED) is 0.720. The zero-order valence-electron chi connectivity index (χ0n) is 11.2. The third-order valence-electron chi connectivity index (χ3n) is 2.95. The van der Waals surface area contributed by atoms with Crippen molar-refractivity contribution >= 4 is 18.3 Å². The van der Waals surface area contributed by atoms with Gasteiger partial charge in [-0.2, -0.15) is 0 Å². The Hall–Kier alpha value is -0.360. The first-order valence-corrected chi connectivity index (χ1v) is 6.34. The van der Waals surface area contributed by atoms with Gasteiger partial charge in [0, 0.05) is 13.2 Å². The van der Waals surface area contributed by atoms with E-state index < -0.39 is 6.10 Å². The van der Waals surface area contributed by atoms with Crippen molar-refractivity contribution in [3.63, 3.8) is 0 Å². The second-order valence-corrected chi connectivity index (χ2v) is 4.70. The molecule has 1 rings (SSSR count). The molecule has 0 spiro atoms. The second kappa shape index (κ2) is 9.55. The highest BCUT2D eigenvalue weighted by Gasteiger charge is 2.19. The van der Waals surface area contributed by atoms with Crippen molar-refractivity contribution in [1.29, 1.82) is 0 Å². The van der Waals surface area contributed by atoms with Crippen LogP contribution in [0.1, 0.15) is 26.7 Å². The van der Waals surface area contributed by atoms with Crippen molar-refractivity contribution in [2.24, 2.45) is 11.7 Å². The van der Waals surface area contributed by atoms with Gasteiger partial charge in [0.15, 0.2) is 0 Å². The van der Waals surface area contributed by atoms with Crippen LogP contribution in [0.3, 0.4) is 0 Å². The summed E-state index contributed by atoms with van der Waals surface area (Å²) in [5.41, 5.74) is 5.48. The summed E-state index contributed by atoms with van der Waals surface area (Å²) >= 11 is 0. The van der Waals surface area contributed by atoms with E-state index in [2.05, 4.69) is 5.32 Å². The fraction of sp³-hybridized carbons (Fsp3) is 0.917. The van der Waals surface area contributed by atoms with Crippen molar-refractivity contribution in [3.8, 4) is 0 Å². The predicted molar refractivity (Wildman–Crippen MR) is 72.9 cm³/mol. The second-order valence-electron chi connectivity index (χ2n) is 4.70. The summed E-state index contributed by atoms with van der Waals surface area (Å²) in [6.07, 6.45) is 1.85. The van der Waals surface area contributed by atoms with E-state index in [1.54, 1.807) is 6.92 Å². The average molecular weight is 281 g/mol. The molecule has 0 aromatic heterocycles. The molecule has 108 valence electrons. The van der Waals surface area contributed by atoms with Crippen molar-refractivity contribution in [1.82, 2.24) is 5.32 Å². The van der Waals surface area contributed by atoms with Crippen LogP contribution in [-0.4, -0.2) is 44.4 Å². The number of carbonyl (C=O) groups is 1. The number of amides is 1. The number of nitrogens with one attached hydrogen (secondary N) is 1. The fourth-order valence-corrected chi connectivity index (χ4v) is 1.61. The Morgan fingerprint density at radius 1 is 1.56 bits per heavy atom. The van der Waals surface area contributed by atoms with Crippen LogP contribution in [0.2, 0.25) is 0 Å². The third-order valence-corrected chi connectivity index (χ3v) is 2.95. The highest BCUT2D eigenvalue weighted by molar-refractivity contribution is 5.85. The smallest absolute Gasteiger partial charge is 0.248 e. The molecule has 3 unspecified atom stereocenters. The van der Waals surface area contributed by atoms with Crippen molar-refractivity contribution in [2.45, 2.75) is 38.9 Å². The fourth-order valence-electron chi connectivity index (χ4n) is 1.61. The summed E-state index contributed by atoms with van der Waals surface area (Å²) in [6, 6.07) is 0. The Morgan fingerprint density at radius 3 is 2.83 bits per heavy atom. The van der Waals surface area contributed by atoms with Crippen LogP contribution in [-0.2, 0) is 14.3 Å². The lowest BCUT2D eigenvalue weighted by Crippen LogP contribution is -2.39. The Labute approximate surface area is 115 Å². The van der Waals surface area contributed by atoms with Crippen LogP contribution >= 0.6 is 12.4 Å². The number of ether oxygens (including phenoxy) is 2. The monoisotopic (exact) mass is 280 g/mol. The first-order chi connectivity index (χ1) is 8.13. The molecular weight excluding hydrogens is 256 g/mol. The lowest BCUT2D eigenvalue weighted by atomic mass is 10.2. The molecule has 1 heterocycles. The third kappa shape index (κ3) is 6.54. The molecule has 0 aromatic rings. The molecule has 1 amide bonds. The molecule has 0 bridgehead atoms. The van der Waals surface area contributed by atoms with E-state index in [1.807, 2.05) is 6.92 Å². The molecule has 0 saturated carbocycles. The zero-order chi connectivity index (χ0) is 12.7. The maximum absolute atomic E-state index is 11.7. The van der Waals surface area contributed by atoms with Gasteiger partial charge in [-0.15, -0.1) is 12.4 Å². The van der Waals surface area contributed by atoms with Crippen LogP contribution in [0.15, 0.2) is 0 Å².